The molecule has 0 saturated heterocycles. The van der Waals surface area contributed by atoms with Crippen molar-refractivity contribution in [2.45, 2.75) is 34.1 Å². The zero-order valence-corrected chi connectivity index (χ0v) is 12.1. The molecule has 2 N–H and O–H groups in total. The summed E-state index contributed by atoms with van der Waals surface area (Å²) in [5.74, 6) is -1.57. The van der Waals surface area contributed by atoms with Gasteiger partial charge < -0.3 is 15.3 Å². The van der Waals surface area contributed by atoms with Crippen LogP contribution >= 0.6 is 0 Å². The zero-order valence-electron chi connectivity index (χ0n) is 12.1. The first-order valence-corrected chi connectivity index (χ1v) is 6.49. The van der Waals surface area contributed by atoms with E-state index in [4.69, 9.17) is 5.11 Å². The van der Waals surface area contributed by atoms with Gasteiger partial charge in [0.1, 0.15) is 0 Å². The summed E-state index contributed by atoms with van der Waals surface area (Å²) in [7, 11) is 0. The highest BCUT2D eigenvalue weighted by molar-refractivity contribution is 5.78. The van der Waals surface area contributed by atoms with Crippen molar-refractivity contribution >= 4 is 17.8 Å². The van der Waals surface area contributed by atoms with Crippen LogP contribution in [0, 0.1) is 11.8 Å². The normalized spacial score (nSPS) is 12.1. The Bertz CT molecular complexity index is 329. The second kappa shape index (κ2) is 8.50. The third-order valence-electron chi connectivity index (χ3n) is 2.61. The van der Waals surface area contributed by atoms with Crippen LogP contribution in [-0.2, 0) is 14.4 Å². The van der Waals surface area contributed by atoms with Crippen molar-refractivity contribution in [3.05, 3.63) is 0 Å². The van der Waals surface area contributed by atoms with Crippen molar-refractivity contribution in [3.63, 3.8) is 0 Å². The number of hydrogen-bond donors (Lipinski definition) is 2. The molecular weight excluding hydrogens is 248 g/mol. The molecule has 0 aromatic rings. The quantitative estimate of drug-likeness (QED) is 0.681. The number of carboxylic acid groups (broad SMARTS) is 1. The van der Waals surface area contributed by atoms with Crippen LogP contribution in [0.2, 0.25) is 0 Å². The number of carbonyl (C=O) groups excluding carboxylic acids is 2. The van der Waals surface area contributed by atoms with E-state index in [-0.39, 0.29) is 24.3 Å². The molecule has 0 rings (SSSR count). The lowest BCUT2D eigenvalue weighted by Crippen LogP contribution is -2.42. The minimum Gasteiger partial charge on any atom is -0.481 e. The number of nitrogens with zero attached hydrogens (tertiary/aromatic N) is 1. The molecule has 1 unspecified atom stereocenters. The highest BCUT2D eigenvalue weighted by Crippen LogP contribution is 2.07. The lowest BCUT2D eigenvalue weighted by atomic mass is 10.1. The Balaban J connectivity index is 4.49. The van der Waals surface area contributed by atoms with Crippen molar-refractivity contribution in [2.75, 3.05) is 19.6 Å². The highest BCUT2D eigenvalue weighted by atomic mass is 16.4. The van der Waals surface area contributed by atoms with Gasteiger partial charge in [-0.2, -0.15) is 0 Å². The van der Waals surface area contributed by atoms with Gasteiger partial charge in [0.05, 0.1) is 5.92 Å². The third kappa shape index (κ3) is 8.18. The Kier molecular flexibility index (Phi) is 7.79. The van der Waals surface area contributed by atoms with Gasteiger partial charge in [-0.15, -0.1) is 0 Å². The largest absolute Gasteiger partial charge is 0.481 e. The van der Waals surface area contributed by atoms with Gasteiger partial charge in [0.25, 0.3) is 0 Å². The molecule has 2 amide bonds. The summed E-state index contributed by atoms with van der Waals surface area (Å²) in [5.41, 5.74) is 0. The van der Waals surface area contributed by atoms with Crippen molar-refractivity contribution < 1.29 is 19.5 Å². The molecule has 0 spiro atoms. The van der Waals surface area contributed by atoms with E-state index in [9.17, 15) is 14.4 Å². The third-order valence-corrected chi connectivity index (χ3v) is 2.61. The molecule has 0 aliphatic rings. The Morgan fingerprint density at radius 1 is 1.21 bits per heavy atom. The van der Waals surface area contributed by atoms with Crippen molar-refractivity contribution in [3.8, 4) is 0 Å². The molecule has 0 aromatic carbocycles. The molecule has 0 aliphatic heterocycles. The summed E-state index contributed by atoms with van der Waals surface area (Å²) in [6, 6.07) is 0. The SMILES string of the molecule is CC(=O)NCCN(CC(C)C(=O)O)C(=O)CC(C)C. The first-order valence-electron chi connectivity index (χ1n) is 6.49. The zero-order chi connectivity index (χ0) is 15.0. The monoisotopic (exact) mass is 272 g/mol. The molecule has 110 valence electrons. The summed E-state index contributed by atoms with van der Waals surface area (Å²) in [6.45, 7) is 7.68. The topological polar surface area (TPSA) is 86.7 Å². The molecule has 6 heteroatoms. The van der Waals surface area contributed by atoms with E-state index in [1.807, 2.05) is 13.8 Å². The van der Waals surface area contributed by atoms with Gasteiger partial charge in [-0.25, -0.2) is 0 Å². The highest BCUT2D eigenvalue weighted by Gasteiger charge is 2.20. The van der Waals surface area contributed by atoms with E-state index in [0.29, 0.717) is 19.5 Å². The van der Waals surface area contributed by atoms with E-state index in [2.05, 4.69) is 5.32 Å². The molecule has 0 bridgehead atoms. The predicted molar refractivity (Wildman–Crippen MR) is 71.5 cm³/mol. The molecule has 0 fully saturated rings. The molecule has 19 heavy (non-hydrogen) atoms. The fourth-order valence-electron chi connectivity index (χ4n) is 1.57. The van der Waals surface area contributed by atoms with Crippen LogP contribution in [0.5, 0.6) is 0 Å². The van der Waals surface area contributed by atoms with Gasteiger partial charge in [-0.05, 0) is 5.92 Å². The number of carbonyl (C=O) groups is 3. The van der Waals surface area contributed by atoms with E-state index < -0.39 is 11.9 Å². The van der Waals surface area contributed by atoms with Crippen molar-refractivity contribution in [2.24, 2.45) is 11.8 Å². The lowest BCUT2D eigenvalue weighted by molar-refractivity contribution is -0.143. The molecule has 0 radical (unpaired) electrons. The van der Waals surface area contributed by atoms with Crippen LogP contribution < -0.4 is 5.32 Å². The van der Waals surface area contributed by atoms with Crippen LogP contribution in [0.25, 0.3) is 0 Å². The molecule has 6 nitrogen and oxygen atoms in total. The van der Waals surface area contributed by atoms with E-state index >= 15 is 0 Å². The fraction of sp³-hybridized carbons (Fsp3) is 0.769. The van der Waals surface area contributed by atoms with Crippen LogP contribution in [0.3, 0.4) is 0 Å². The summed E-state index contributed by atoms with van der Waals surface area (Å²) in [6.07, 6.45) is 0.381. The molecule has 1 atom stereocenters. The van der Waals surface area contributed by atoms with E-state index in [1.54, 1.807) is 6.92 Å². The number of amides is 2. The fourth-order valence-corrected chi connectivity index (χ4v) is 1.57. The number of aliphatic carboxylic acids is 1. The van der Waals surface area contributed by atoms with Crippen molar-refractivity contribution in [1.29, 1.82) is 0 Å². The Morgan fingerprint density at radius 3 is 2.21 bits per heavy atom. The minimum absolute atomic E-state index is 0.0755. The second-order valence-corrected chi connectivity index (χ2v) is 5.16. The summed E-state index contributed by atoms with van der Waals surface area (Å²) in [4.78, 5) is 35.2. The average molecular weight is 272 g/mol. The lowest BCUT2D eigenvalue weighted by Gasteiger charge is -2.25. The predicted octanol–water partition coefficient (Wildman–Crippen LogP) is 0.718. The standard InChI is InChI=1S/C13H24N2O4/c1-9(2)7-12(17)15(6-5-14-11(4)16)8-10(3)13(18)19/h9-10H,5-8H2,1-4H3,(H,14,16)(H,18,19). The van der Waals surface area contributed by atoms with Crippen molar-refractivity contribution in [1.82, 2.24) is 10.2 Å². The second-order valence-electron chi connectivity index (χ2n) is 5.16. The number of nitrogens with one attached hydrogen (secondary N) is 1. The Labute approximate surface area is 114 Å². The van der Waals surface area contributed by atoms with Gasteiger partial charge in [0.2, 0.25) is 11.8 Å². The maximum Gasteiger partial charge on any atom is 0.308 e. The minimum atomic E-state index is -0.929. The van der Waals surface area contributed by atoms with Crippen LogP contribution in [-0.4, -0.2) is 47.4 Å². The van der Waals surface area contributed by atoms with E-state index in [0.717, 1.165) is 0 Å². The van der Waals surface area contributed by atoms with Crippen LogP contribution in [0.15, 0.2) is 0 Å². The van der Waals surface area contributed by atoms with Gasteiger partial charge in [0, 0.05) is 33.0 Å². The van der Waals surface area contributed by atoms with Gasteiger partial charge in [-0.1, -0.05) is 20.8 Å². The Morgan fingerprint density at radius 2 is 1.79 bits per heavy atom. The van der Waals surface area contributed by atoms with Gasteiger partial charge in [0.15, 0.2) is 0 Å². The molecular formula is C13H24N2O4. The summed E-state index contributed by atoms with van der Waals surface area (Å²) < 4.78 is 0. The van der Waals surface area contributed by atoms with Gasteiger partial charge >= 0.3 is 5.97 Å². The van der Waals surface area contributed by atoms with Crippen LogP contribution in [0.1, 0.15) is 34.1 Å². The number of rotatable bonds is 8. The van der Waals surface area contributed by atoms with Gasteiger partial charge in [-0.3, -0.25) is 14.4 Å². The number of hydrogen-bond acceptors (Lipinski definition) is 3. The molecule has 0 saturated carbocycles. The number of carboxylic acids is 1. The average Bonchev–Trinajstić information content (AvgIpc) is 2.25. The van der Waals surface area contributed by atoms with E-state index in [1.165, 1.54) is 11.8 Å². The van der Waals surface area contributed by atoms with Crippen LogP contribution in [0.4, 0.5) is 0 Å². The maximum absolute atomic E-state index is 12.0. The maximum atomic E-state index is 12.0. The summed E-state index contributed by atoms with van der Waals surface area (Å²) >= 11 is 0. The first-order chi connectivity index (χ1) is 8.73. The smallest absolute Gasteiger partial charge is 0.308 e. The molecule has 0 aromatic heterocycles. The summed E-state index contributed by atoms with van der Waals surface area (Å²) in [5, 5.41) is 11.5. The molecule has 0 aliphatic carbocycles. The first kappa shape index (κ1) is 17.4. The Hall–Kier alpha value is -1.59. The molecule has 0 heterocycles.